The fourth-order valence-electron chi connectivity index (χ4n) is 3.60. The smallest absolute Gasteiger partial charge is 0.188 e. The minimum atomic E-state index is -0.189. The van der Waals surface area contributed by atoms with Crippen molar-refractivity contribution in [1.82, 2.24) is 30.1 Å². The van der Waals surface area contributed by atoms with E-state index in [9.17, 15) is 4.79 Å². The number of carbonyl (C=O) groups is 1. The minimum Gasteiger partial charge on any atom is -0.360 e. The van der Waals surface area contributed by atoms with Crippen molar-refractivity contribution < 1.29 is 9.32 Å². The van der Waals surface area contributed by atoms with Crippen LogP contribution < -0.4 is 5.32 Å². The van der Waals surface area contributed by atoms with Gasteiger partial charge in [0.2, 0.25) is 0 Å². The van der Waals surface area contributed by atoms with Crippen molar-refractivity contribution in [2.45, 2.75) is 51.9 Å². The van der Waals surface area contributed by atoms with Crippen LogP contribution in [0.3, 0.4) is 0 Å². The molecule has 4 aromatic rings. The lowest BCUT2D eigenvalue weighted by Crippen LogP contribution is -2.16. The van der Waals surface area contributed by atoms with E-state index in [0.717, 1.165) is 22.9 Å². The summed E-state index contributed by atoms with van der Waals surface area (Å²) in [5.74, 6) is 1.62. The molecule has 1 aliphatic rings. The number of ketones is 1. The van der Waals surface area contributed by atoms with Gasteiger partial charge in [0, 0.05) is 47.9 Å². The van der Waals surface area contributed by atoms with Crippen LogP contribution in [0.4, 0.5) is 16.6 Å². The Morgan fingerprint density at radius 2 is 2.06 bits per heavy atom. The van der Waals surface area contributed by atoms with Gasteiger partial charge < -0.3 is 9.84 Å². The Balaban J connectivity index is 1.25. The predicted octanol–water partition coefficient (Wildman–Crippen LogP) is 4.81. The maximum absolute atomic E-state index is 12.9. The third-order valence-electron chi connectivity index (χ3n) is 5.53. The lowest BCUT2D eigenvalue weighted by atomic mass is 9.95. The molecule has 4 aromatic heterocycles. The first-order valence-electron chi connectivity index (χ1n) is 11.2. The molecule has 10 nitrogen and oxygen atoms in total. The summed E-state index contributed by atoms with van der Waals surface area (Å²) in [6.45, 7) is 8.16. The van der Waals surface area contributed by atoms with Crippen molar-refractivity contribution in [3.8, 4) is 0 Å². The van der Waals surface area contributed by atoms with E-state index >= 15 is 0 Å². The summed E-state index contributed by atoms with van der Waals surface area (Å²) in [7, 11) is 0. The number of aromatic nitrogens is 6. The second-order valence-electron chi connectivity index (χ2n) is 9.40. The van der Waals surface area contributed by atoms with Gasteiger partial charge in [0.25, 0.3) is 0 Å². The molecule has 0 bridgehead atoms. The number of Topliss-reactive ketones (excluding diaryl/α,β-unsaturated/α-hetero) is 1. The molecular weight excluding hydrogens is 464 g/mol. The van der Waals surface area contributed by atoms with Crippen LogP contribution in [0, 0.1) is 0 Å². The molecule has 5 heterocycles. The van der Waals surface area contributed by atoms with Gasteiger partial charge in [0.1, 0.15) is 40.8 Å². The molecule has 0 unspecified atom stereocenters. The molecule has 0 aliphatic carbocycles. The van der Waals surface area contributed by atoms with Crippen LogP contribution in [0.25, 0.3) is 0 Å². The Morgan fingerprint density at radius 3 is 2.83 bits per heavy atom. The highest BCUT2D eigenvalue weighted by atomic mass is 32.1. The monoisotopic (exact) mass is 488 g/mol. The average molecular weight is 489 g/mol. The Hall–Kier alpha value is -3.86. The highest BCUT2D eigenvalue weighted by Gasteiger charge is 2.26. The molecule has 5 rings (SSSR count). The van der Waals surface area contributed by atoms with Crippen LogP contribution in [-0.4, -0.2) is 41.6 Å². The molecule has 1 N–H and O–H groups in total. The largest absolute Gasteiger partial charge is 0.360 e. The van der Waals surface area contributed by atoms with Crippen molar-refractivity contribution in [1.29, 1.82) is 0 Å². The fraction of sp³-hybridized carbons (Fsp3) is 0.333. The minimum absolute atomic E-state index is 0.115. The predicted molar refractivity (Wildman–Crippen MR) is 132 cm³/mol. The van der Waals surface area contributed by atoms with E-state index in [1.165, 1.54) is 17.7 Å². The first-order chi connectivity index (χ1) is 16.8. The molecule has 11 heteroatoms. The summed E-state index contributed by atoms with van der Waals surface area (Å²) in [5.41, 5.74) is 3.26. The van der Waals surface area contributed by atoms with Gasteiger partial charge in [-0.15, -0.1) is 11.3 Å². The summed E-state index contributed by atoms with van der Waals surface area (Å²) in [6, 6.07) is 3.47. The number of thiazole rings is 1. The van der Waals surface area contributed by atoms with E-state index in [-0.39, 0.29) is 23.5 Å². The van der Waals surface area contributed by atoms with Crippen molar-refractivity contribution in [3.05, 3.63) is 64.9 Å². The molecule has 0 spiro atoms. The van der Waals surface area contributed by atoms with Gasteiger partial charge in [0.05, 0.1) is 17.6 Å². The van der Waals surface area contributed by atoms with Crippen LogP contribution in [0.15, 0.2) is 45.7 Å². The highest BCUT2D eigenvalue weighted by molar-refractivity contribution is 7.13. The first kappa shape index (κ1) is 22.9. The number of hydrogen-bond donors (Lipinski definition) is 1. The van der Waals surface area contributed by atoms with E-state index in [2.05, 4.69) is 56.2 Å². The molecule has 1 atom stereocenters. The molecule has 0 radical (unpaired) electrons. The van der Waals surface area contributed by atoms with Crippen LogP contribution in [0.2, 0.25) is 0 Å². The van der Waals surface area contributed by atoms with Gasteiger partial charge in [-0.05, 0) is 0 Å². The lowest BCUT2D eigenvalue weighted by molar-refractivity contribution is 0.0966. The molecule has 0 amide bonds. The van der Waals surface area contributed by atoms with Crippen LogP contribution in [0.1, 0.15) is 73.5 Å². The molecular formula is C24H24N8O2S. The number of carbonyl (C=O) groups excluding carboxylic acids is 1. The molecule has 1 aliphatic heterocycles. The highest BCUT2D eigenvalue weighted by Crippen LogP contribution is 2.30. The van der Waals surface area contributed by atoms with Gasteiger partial charge in [-0.3, -0.25) is 4.79 Å². The number of nitrogens with zero attached hydrogens (tertiary/aromatic N) is 7. The van der Waals surface area contributed by atoms with E-state index in [1.807, 2.05) is 18.4 Å². The molecule has 178 valence electrons. The van der Waals surface area contributed by atoms with Crippen molar-refractivity contribution in [3.63, 3.8) is 0 Å². The first-order valence-corrected chi connectivity index (χ1v) is 12.1. The van der Waals surface area contributed by atoms with E-state index < -0.39 is 0 Å². The zero-order valence-electron chi connectivity index (χ0n) is 19.8. The molecule has 0 fully saturated rings. The Morgan fingerprint density at radius 1 is 1.20 bits per heavy atom. The normalized spacial score (nSPS) is 13.9. The molecule has 0 saturated carbocycles. The zero-order valence-corrected chi connectivity index (χ0v) is 20.6. The second-order valence-corrected chi connectivity index (χ2v) is 10.3. The lowest BCUT2D eigenvalue weighted by Gasteiger charge is -2.16. The Bertz CT molecular complexity index is 1410. The molecule has 0 saturated heterocycles. The molecule has 35 heavy (non-hydrogen) atoms. The summed E-state index contributed by atoms with van der Waals surface area (Å²) in [6.07, 6.45) is 5.60. The Labute approximate surface area is 206 Å². The summed E-state index contributed by atoms with van der Waals surface area (Å²) >= 11 is 1.45. The van der Waals surface area contributed by atoms with Gasteiger partial charge >= 0.3 is 0 Å². The van der Waals surface area contributed by atoms with Crippen molar-refractivity contribution >= 4 is 39.5 Å². The quantitative estimate of drug-likeness (QED) is 0.364. The van der Waals surface area contributed by atoms with Gasteiger partial charge in [-0.2, -0.15) is 0 Å². The van der Waals surface area contributed by atoms with Crippen LogP contribution in [-0.2, 0) is 11.8 Å². The SMILES string of the molecule is C[C@@H](CC(=O)c1cc(Nc2nccs2)ncn1)c1cc(C2=Nc3cnc(C(C)(C)C)nc3C2)no1. The second kappa shape index (κ2) is 9.06. The van der Waals surface area contributed by atoms with Crippen molar-refractivity contribution in [2.24, 2.45) is 4.99 Å². The summed E-state index contributed by atoms with van der Waals surface area (Å²) in [5, 5.41) is 9.83. The third-order valence-corrected chi connectivity index (χ3v) is 6.22. The standard InChI is InChI=1S/C24H24N8O2S/c1-13(7-19(33)17-10-21(28-12-27-17)31-23-25-5-6-35-23)20-9-16(32-34-20)14-8-15-18(29-14)11-26-22(30-15)24(2,3)4/h5-6,9-13H,7-8H2,1-4H3,(H,25,27,28,31)/t13-/m0/s1. The maximum Gasteiger partial charge on any atom is 0.188 e. The van der Waals surface area contributed by atoms with Gasteiger partial charge in [-0.1, -0.05) is 32.9 Å². The number of fused-ring (bicyclic) bond motifs is 1. The topological polar surface area (TPSA) is 132 Å². The van der Waals surface area contributed by atoms with Crippen LogP contribution >= 0.6 is 11.3 Å². The summed E-state index contributed by atoms with van der Waals surface area (Å²) < 4.78 is 5.58. The molecule has 0 aromatic carbocycles. The fourth-order valence-corrected chi connectivity index (χ4v) is 4.14. The zero-order chi connectivity index (χ0) is 24.6. The average Bonchev–Trinajstić information content (AvgIpc) is 3.58. The third kappa shape index (κ3) is 4.99. The van der Waals surface area contributed by atoms with E-state index in [1.54, 1.807) is 18.5 Å². The van der Waals surface area contributed by atoms with Crippen LogP contribution in [0.5, 0.6) is 0 Å². The van der Waals surface area contributed by atoms with Gasteiger partial charge in [0.15, 0.2) is 10.9 Å². The number of rotatable bonds is 7. The van der Waals surface area contributed by atoms with E-state index in [4.69, 9.17) is 9.51 Å². The maximum atomic E-state index is 12.9. The number of anilines is 2. The number of nitrogens with one attached hydrogen (secondary N) is 1. The number of hydrogen-bond acceptors (Lipinski definition) is 11. The summed E-state index contributed by atoms with van der Waals surface area (Å²) in [4.78, 5) is 39.1. The van der Waals surface area contributed by atoms with E-state index in [0.29, 0.717) is 34.5 Å². The van der Waals surface area contributed by atoms with Gasteiger partial charge in [-0.25, -0.2) is 29.9 Å². The number of aliphatic imine (C=N–C) groups is 1. The Kier molecular flexibility index (Phi) is 5.93. The van der Waals surface area contributed by atoms with Crippen molar-refractivity contribution in [2.75, 3.05) is 5.32 Å².